The molecule has 106 valence electrons. The van der Waals surface area contributed by atoms with E-state index in [1.54, 1.807) is 6.07 Å². The Morgan fingerprint density at radius 1 is 1.05 bits per heavy atom. The Bertz CT molecular complexity index is 594. The Morgan fingerprint density at radius 2 is 1.80 bits per heavy atom. The topological polar surface area (TPSA) is 38.0 Å². The van der Waals surface area contributed by atoms with Crippen molar-refractivity contribution in [2.45, 2.75) is 19.4 Å². The maximum absolute atomic E-state index is 6.20. The third kappa shape index (κ3) is 3.87. The molecule has 0 spiro atoms. The number of benzene rings is 2. The predicted molar refractivity (Wildman–Crippen MR) is 86.4 cm³/mol. The molecule has 2 nitrogen and oxygen atoms in total. The molecule has 0 aliphatic heterocycles. The van der Waals surface area contributed by atoms with Crippen LogP contribution in [0.15, 0.2) is 36.4 Å². The number of aryl methyl sites for hydroxylation is 1. The van der Waals surface area contributed by atoms with E-state index in [1.165, 1.54) is 0 Å². The average molecular weight is 330 g/mol. The van der Waals surface area contributed by atoms with E-state index >= 15 is 0 Å². The minimum Gasteiger partial charge on any atom is -0.271 e. The highest BCUT2D eigenvalue weighted by molar-refractivity contribution is 6.35. The molecule has 3 N–H and O–H groups in total. The van der Waals surface area contributed by atoms with Gasteiger partial charge in [0, 0.05) is 15.1 Å². The first-order valence-electron chi connectivity index (χ1n) is 6.16. The minimum atomic E-state index is -0.0638. The van der Waals surface area contributed by atoms with Gasteiger partial charge < -0.3 is 0 Å². The molecule has 1 unspecified atom stereocenters. The van der Waals surface area contributed by atoms with Crippen LogP contribution in [0.1, 0.15) is 22.7 Å². The van der Waals surface area contributed by atoms with Crippen LogP contribution in [0, 0.1) is 6.92 Å². The summed E-state index contributed by atoms with van der Waals surface area (Å²) >= 11 is 18.2. The molecule has 0 amide bonds. The second-order valence-electron chi connectivity index (χ2n) is 4.72. The van der Waals surface area contributed by atoms with Gasteiger partial charge in [-0.15, -0.1) is 0 Å². The maximum atomic E-state index is 6.20. The summed E-state index contributed by atoms with van der Waals surface area (Å²) in [5.74, 6) is 5.67. The monoisotopic (exact) mass is 328 g/mol. The van der Waals surface area contributed by atoms with Crippen LogP contribution in [0.2, 0.25) is 15.1 Å². The van der Waals surface area contributed by atoms with Crippen LogP contribution in [-0.2, 0) is 6.42 Å². The van der Waals surface area contributed by atoms with E-state index < -0.39 is 0 Å². The number of rotatable bonds is 4. The molecule has 2 rings (SSSR count). The van der Waals surface area contributed by atoms with Gasteiger partial charge in [0.15, 0.2) is 0 Å². The summed E-state index contributed by atoms with van der Waals surface area (Å²) in [7, 11) is 0. The molecule has 0 aromatic heterocycles. The summed E-state index contributed by atoms with van der Waals surface area (Å²) in [6.07, 6.45) is 0.659. The molecule has 0 saturated carbocycles. The molecule has 0 fully saturated rings. The van der Waals surface area contributed by atoms with Gasteiger partial charge in [0.05, 0.1) is 6.04 Å². The van der Waals surface area contributed by atoms with Gasteiger partial charge in [0.25, 0.3) is 0 Å². The molecule has 20 heavy (non-hydrogen) atoms. The van der Waals surface area contributed by atoms with Crippen LogP contribution in [0.3, 0.4) is 0 Å². The lowest BCUT2D eigenvalue weighted by atomic mass is 9.98. The maximum Gasteiger partial charge on any atom is 0.0501 e. The highest BCUT2D eigenvalue weighted by Crippen LogP contribution is 2.27. The first-order chi connectivity index (χ1) is 9.49. The van der Waals surface area contributed by atoms with Crippen LogP contribution in [-0.4, -0.2) is 0 Å². The summed E-state index contributed by atoms with van der Waals surface area (Å²) in [5, 5.41) is 1.95. The Balaban J connectivity index is 2.28. The zero-order valence-electron chi connectivity index (χ0n) is 11.0. The number of nitrogens with two attached hydrogens (primary N) is 1. The van der Waals surface area contributed by atoms with E-state index in [0.717, 1.165) is 16.7 Å². The van der Waals surface area contributed by atoms with Crippen LogP contribution in [0.5, 0.6) is 0 Å². The van der Waals surface area contributed by atoms with Gasteiger partial charge in [0.2, 0.25) is 0 Å². The number of halogens is 3. The van der Waals surface area contributed by atoms with Gasteiger partial charge in [-0.3, -0.25) is 11.3 Å². The van der Waals surface area contributed by atoms with Crippen molar-refractivity contribution in [3.8, 4) is 0 Å². The van der Waals surface area contributed by atoms with Crippen molar-refractivity contribution in [3.05, 3.63) is 68.2 Å². The van der Waals surface area contributed by atoms with Gasteiger partial charge in [-0.25, -0.2) is 0 Å². The second kappa shape index (κ2) is 6.79. The number of hydrogen-bond donors (Lipinski definition) is 2. The molecule has 0 radical (unpaired) electrons. The summed E-state index contributed by atoms with van der Waals surface area (Å²) in [6, 6.07) is 11.3. The zero-order valence-corrected chi connectivity index (χ0v) is 13.2. The first-order valence-corrected chi connectivity index (χ1v) is 7.30. The SMILES string of the molecule is Cc1cc(Cl)cc(C(Cc2ccc(Cl)cc2Cl)NN)c1. The normalized spacial score (nSPS) is 12.4. The van der Waals surface area contributed by atoms with Crippen molar-refractivity contribution in [1.82, 2.24) is 5.43 Å². The van der Waals surface area contributed by atoms with Crippen molar-refractivity contribution in [2.75, 3.05) is 0 Å². The summed E-state index contributed by atoms with van der Waals surface area (Å²) in [4.78, 5) is 0. The number of hydrogen-bond acceptors (Lipinski definition) is 2. The summed E-state index contributed by atoms with van der Waals surface area (Å²) in [5.41, 5.74) is 5.92. The largest absolute Gasteiger partial charge is 0.271 e. The first kappa shape index (κ1) is 15.6. The standard InChI is InChI=1S/C15H15Cl3N2/c1-9-4-11(6-13(17)5-9)15(20-19)7-10-2-3-12(16)8-14(10)18/h2-6,8,15,20H,7,19H2,1H3. The van der Waals surface area contributed by atoms with Crippen molar-refractivity contribution >= 4 is 34.8 Å². The van der Waals surface area contributed by atoms with Gasteiger partial charge in [0.1, 0.15) is 0 Å². The zero-order chi connectivity index (χ0) is 14.7. The molecular weight excluding hydrogens is 315 g/mol. The van der Waals surface area contributed by atoms with Crippen LogP contribution in [0.4, 0.5) is 0 Å². The molecule has 2 aromatic rings. The third-order valence-electron chi connectivity index (χ3n) is 3.11. The molecule has 0 saturated heterocycles. The second-order valence-corrected chi connectivity index (χ2v) is 6.00. The van der Waals surface area contributed by atoms with E-state index in [-0.39, 0.29) is 6.04 Å². The van der Waals surface area contributed by atoms with Crippen molar-refractivity contribution < 1.29 is 0 Å². The van der Waals surface area contributed by atoms with E-state index in [1.807, 2.05) is 31.2 Å². The molecule has 0 aliphatic carbocycles. The fourth-order valence-corrected chi connectivity index (χ4v) is 2.93. The molecule has 5 heteroatoms. The lowest BCUT2D eigenvalue weighted by molar-refractivity contribution is 0.552. The molecule has 2 aromatic carbocycles. The fraction of sp³-hybridized carbons (Fsp3) is 0.200. The smallest absolute Gasteiger partial charge is 0.0501 e. The fourth-order valence-electron chi connectivity index (χ4n) is 2.15. The Hall–Kier alpha value is -0.770. The quantitative estimate of drug-likeness (QED) is 0.630. The molecule has 1 atom stereocenters. The molecule has 0 heterocycles. The minimum absolute atomic E-state index is 0.0638. The Kier molecular flexibility index (Phi) is 5.30. The summed E-state index contributed by atoms with van der Waals surface area (Å²) < 4.78 is 0. The van der Waals surface area contributed by atoms with Crippen LogP contribution < -0.4 is 11.3 Å². The Morgan fingerprint density at radius 3 is 2.40 bits per heavy atom. The average Bonchev–Trinajstić information content (AvgIpc) is 2.36. The lowest BCUT2D eigenvalue weighted by Crippen LogP contribution is -2.29. The number of hydrazine groups is 1. The van der Waals surface area contributed by atoms with Crippen molar-refractivity contribution in [2.24, 2.45) is 5.84 Å². The van der Waals surface area contributed by atoms with Gasteiger partial charge in [-0.1, -0.05) is 46.9 Å². The van der Waals surface area contributed by atoms with Crippen LogP contribution >= 0.6 is 34.8 Å². The third-order valence-corrected chi connectivity index (χ3v) is 3.91. The van der Waals surface area contributed by atoms with Gasteiger partial charge in [-0.2, -0.15) is 0 Å². The van der Waals surface area contributed by atoms with Crippen molar-refractivity contribution in [3.63, 3.8) is 0 Å². The number of nitrogens with one attached hydrogen (secondary N) is 1. The Labute approximate surface area is 133 Å². The highest BCUT2D eigenvalue weighted by Gasteiger charge is 2.14. The van der Waals surface area contributed by atoms with Gasteiger partial charge >= 0.3 is 0 Å². The van der Waals surface area contributed by atoms with E-state index in [4.69, 9.17) is 40.6 Å². The van der Waals surface area contributed by atoms with E-state index in [9.17, 15) is 0 Å². The van der Waals surface area contributed by atoms with Gasteiger partial charge in [-0.05, 0) is 54.3 Å². The van der Waals surface area contributed by atoms with Crippen LogP contribution in [0.25, 0.3) is 0 Å². The highest BCUT2D eigenvalue weighted by atomic mass is 35.5. The molecule has 0 aliphatic rings. The van der Waals surface area contributed by atoms with Crippen molar-refractivity contribution in [1.29, 1.82) is 0 Å². The predicted octanol–water partition coefficient (Wildman–Crippen LogP) is 4.70. The van der Waals surface area contributed by atoms with E-state index in [2.05, 4.69) is 11.5 Å². The van der Waals surface area contributed by atoms with E-state index in [0.29, 0.717) is 21.5 Å². The lowest BCUT2D eigenvalue weighted by Gasteiger charge is -2.18. The molecular formula is C15H15Cl3N2. The molecule has 0 bridgehead atoms. The summed E-state index contributed by atoms with van der Waals surface area (Å²) in [6.45, 7) is 2.00.